The number of nitrogens with zero attached hydrogens (tertiary/aromatic N) is 5. The molecular formula is C26H29ClN8O4. The highest BCUT2D eigenvalue weighted by Crippen LogP contribution is 2.37. The van der Waals surface area contributed by atoms with Gasteiger partial charge in [-0.05, 0) is 36.4 Å². The molecule has 0 aliphatic rings. The summed E-state index contributed by atoms with van der Waals surface area (Å²) in [6.07, 6.45) is 4.80. The number of fused-ring (bicyclic) bond motifs is 1. The maximum absolute atomic E-state index is 13.5. The molecular weight excluding hydrogens is 524 g/mol. The van der Waals surface area contributed by atoms with E-state index in [1.807, 2.05) is 25.4 Å². The van der Waals surface area contributed by atoms with Crippen molar-refractivity contribution < 1.29 is 14.3 Å². The van der Waals surface area contributed by atoms with E-state index in [1.165, 1.54) is 42.4 Å². The quantitative estimate of drug-likeness (QED) is 0.117. The zero-order valence-corrected chi connectivity index (χ0v) is 22.4. The molecule has 0 saturated carbocycles. The minimum atomic E-state index is -0.890. The molecule has 1 amide bonds. The fourth-order valence-corrected chi connectivity index (χ4v) is 4.48. The number of aromatic nitrogens is 3. The second-order valence-electron chi connectivity index (χ2n) is 8.70. The smallest absolute Gasteiger partial charge is 0.252 e. The Balaban J connectivity index is 1.75. The number of rotatable bonds is 10. The third-order valence-electron chi connectivity index (χ3n) is 6.10. The van der Waals surface area contributed by atoms with Gasteiger partial charge in [-0.3, -0.25) is 23.8 Å². The lowest BCUT2D eigenvalue weighted by molar-refractivity contribution is -0.119. The fourth-order valence-electron chi connectivity index (χ4n) is 4.31. The molecule has 4 rings (SSSR count). The Hall–Kier alpha value is -4.39. The second-order valence-corrected chi connectivity index (χ2v) is 9.13. The van der Waals surface area contributed by atoms with Gasteiger partial charge in [-0.2, -0.15) is 10.2 Å². The zero-order chi connectivity index (χ0) is 28.1. The summed E-state index contributed by atoms with van der Waals surface area (Å²) in [5.74, 6) is 11.3. The van der Waals surface area contributed by atoms with Gasteiger partial charge in [0.05, 0.1) is 24.5 Å². The van der Waals surface area contributed by atoms with E-state index < -0.39 is 11.6 Å². The van der Waals surface area contributed by atoms with Crippen LogP contribution < -0.4 is 32.3 Å². The van der Waals surface area contributed by atoms with E-state index in [4.69, 9.17) is 32.8 Å². The van der Waals surface area contributed by atoms with E-state index in [1.54, 1.807) is 28.9 Å². The van der Waals surface area contributed by atoms with Crippen molar-refractivity contribution in [3.05, 3.63) is 70.2 Å². The van der Waals surface area contributed by atoms with Gasteiger partial charge in [-0.25, -0.2) is 5.84 Å². The van der Waals surface area contributed by atoms with Crippen molar-refractivity contribution in [3.8, 4) is 16.9 Å². The van der Waals surface area contributed by atoms with Gasteiger partial charge >= 0.3 is 0 Å². The standard InChI is InChI=1S/C26H29ClN8O4/c1-33-13-16-10-18(5-6-21(16)32-33)31-26(37)23(8-9-38-2)34-14-24(39-3)20(12-25(34)36)19-11-17(27)4-7-22(19)35(29)15-30-28/h4-7,10-15,23H,8-9,28-29H2,1-3H3,(H,31,37)/b30-15-. The molecule has 1 atom stereocenters. The van der Waals surface area contributed by atoms with E-state index in [9.17, 15) is 9.59 Å². The number of nitrogens with one attached hydrogen (secondary N) is 1. The molecule has 13 heteroatoms. The van der Waals surface area contributed by atoms with Crippen LogP contribution in [0.2, 0.25) is 5.02 Å². The number of benzene rings is 2. The monoisotopic (exact) mass is 552 g/mol. The number of hydrogen-bond donors (Lipinski definition) is 3. The van der Waals surface area contributed by atoms with Crippen LogP contribution in [0.25, 0.3) is 22.0 Å². The number of ether oxygens (including phenoxy) is 2. The molecule has 2 aromatic heterocycles. The topological polar surface area (TPSA) is 155 Å². The summed E-state index contributed by atoms with van der Waals surface area (Å²) in [4.78, 5) is 26.9. The van der Waals surface area contributed by atoms with Gasteiger partial charge < -0.3 is 20.6 Å². The van der Waals surface area contributed by atoms with Crippen molar-refractivity contribution >= 4 is 46.1 Å². The van der Waals surface area contributed by atoms with Crippen LogP contribution in [-0.2, 0) is 16.6 Å². The molecule has 39 heavy (non-hydrogen) atoms. The van der Waals surface area contributed by atoms with Crippen molar-refractivity contribution in [1.29, 1.82) is 0 Å². The second kappa shape index (κ2) is 12.0. The third-order valence-corrected chi connectivity index (χ3v) is 6.34. The van der Waals surface area contributed by atoms with Gasteiger partial charge in [-0.1, -0.05) is 11.6 Å². The SMILES string of the molecule is COCCC(C(=O)Nc1ccc2nn(C)cc2c1)n1cc(OC)c(-c2cc(Cl)ccc2N(N)/C=N\N)cc1=O. The van der Waals surface area contributed by atoms with Crippen LogP contribution in [0.4, 0.5) is 11.4 Å². The van der Waals surface area contributed by atoms with Gasteiger partial charge in [0.1, 0.15) is 18.1 Å². The Morgan fingerprint density at radius 1 is 1.21 bits per heavy atom. The minimum Gasteiger partial charge on any atom is -0.495 e. The molecule has 4 aromatic rings. The first-order valence-electron chi connectivity index (χ1n) is 11.9. The molecule has 0 aliphatic heterocycles. The maximum atomic E-state index is 13.5. The summed E-state index contributed by atoms with van der Waals surface area (Å²) >= 11 is 6.27. The van der Waals surface area contributed by atoms with E-state index in [0.717, 1.165) is 10.9 Å². The van der Waals surface area contributed by atoms with Gasteiger partial charge in [-0.15, -0.1) is 0 Å². The van der Waals surface area contributed by atoms with Gasteiger partial charge in [0.2, 0.25) is 5.91 Å². The highest BCUT2D eigenvalue weighted by Gasteiger charge is 2.25. The number of carbonyl (C=O) groups excluding carboxylic acids is 1. The molecule has 0 spiro atoms. The third kappa shape index (κ3) is 6.03. The normalized spacial score (nSPS) is 12.1. The molecule has 0 saturated heterocycles. The predicted octanol–water partition coefficient (Wildman–Crippen LogP) is 2.86. The van der Waals surface area contributed by atoms with Crippen LogP contribution >= 0.6 is 11.6 Å². The minimum absolute atomic E-state index is 0.242. The molecule has 0 radical (unpaired) electrons. The number of aryl methyl sites for hydroxylation is 1. The summed E-state index contributed by atoms with van der Waals surface area (Å²) < 4.78 is 13.9. The first-order chi connectivity index (χ1) is 18.7. The first kappa shape index (κ1) is 27.6. The number of methoxy groups -OCH3 is 2. The van der Waals surface area contributed by atoms with Crippen LogP contribution in [0, 0.1) is 0 Å². The molecule has 0 aliphatic carbocycles. The number of halogens is 1. The number of carbonyl (C=O) groups is 1. The number of anilines is 2. The lowest BCUT2D eigenvalue weighted by Crippen LogP contribution is -2.34. The Morgan fingerprint density at radius 2 is 2.00 bits per heavy atom. The van der Waals surface area contributed by atoms with E-state index >= 15 is 0 Å². The van der Waals surface area contributed by atoms with Gasteiger partial charge in [0.25, 0.3) is 5.56 Å². The summed E-state index contributed by atoms with van der Waals surface area (Å²) in [5, 5.41) is 13.2. The van der Waals surface area contributed by atoms with Crippen molar-refractivity contribution in [2.24, 2.45) is 23.8 Å². The highest BCUT2D eigenvalue weighted by atomic mass is 35.5. The zero-order valence-electron chi connectivity index (χ0n) is 21.7. The Bertz CT molecular complexity index is 1580. The number of hydrazone groups is 1. The average molecular weight is 553 g/mol. The summed E-state index contributed by atoms with van der Waals surface area (Å²) in [6, 6.07) is 10.8. The number of hydrazine groups is 1. The number of pyridine rings is 1. The molecule has 2 heterocycles. The molecule has 0 bridgehead atoms. The highest BCUT2D eigenvalue weighted by molar-refractivity contribution is 6.31. The Kier molecular flexibility index (Phi) is 8.49. The average Bonchev–Trinajstić information content (AvgIpc) is 3.28. The summed E-state index contributed by atoms with van der Waals surface area (Å²) in [7, 11) is 4.82. The van der Waals surface area contributed by atoms with Crippen LogP contribution in [-0.4, -0.2) is 47.4 Å². The van der Waals surface area contributed by atoms with E-state index in [0.29, 0.717) is 33.3 Å². The van der Waals surface area contributed by atoms with E-state index in [-0.39, 0.29) is 18.9 Å². The Morgan fingerprint density at radius 3 is 2.72 bits per heavy atom. The molecule has 204 valence electrons. The number of hydrogen-bond acceptors (Lipinski definition) is 8. The Labute approximate surface area is 229 Å². The summed E-state index contributed by atoms with van der Waals surface area (Å²) in [6.45, 7) is 0.245. The lowest BCUT2D eigenvalue weighted by atomic mass is 10.0. The lowest BCUT2D eigenvalue weighted by Gasteiger charge is -2.22. The van der Waals surface area contributed by atoms with Crippen LogP contribution in [0.3, 0.4) is 0 Å². The van der Waals surface area contributed by atoms with Crippen LogP contribution in [0.15, 0.2) is 64.8 Å². The van der Waals surface area contributed by atoms with Gasteiger partial charge in [0.15, 0.2) is 0 Å². The maximum Gasteiger partial charge on any atom is 0.252 e. The summed E-state index contributed by atoms with van der Waals surface area (Å²) in [5.41, 5.74) is 2.35. The van der Waals surface area contributed by atoms with Crippen molar-refractivity contribution in [2.75, 3.05) is 31.2 Å². The van der Waals surface area contributed by atoms with Crippen molar-refractivity contribution in [3.63, 3.8) is 0 Å². The molecule has 0 fully saturated rings. The first-order valence-corrected chi connectivity index (χ1v) is 12.2. The van der Waals surface area contributed by atoms with Crippen LogP contribution in [0.5, 0.6) is 5.75 Å². The molecule has 1 unspecified atom stereocenters. The van der Waals surface area contributed by atoms with E-state index in [2.05, 4.69) is 15.5 Å². The van der Waals surface area contributed by atoms with Gasteiger partial charge in [0, 0.05) is 66.7 Å². The van der Waals surface area contributed by atoms with Crippen LogP contribution in [0.1, 0.15) is 12.5 Å². The molecule has 12 nitrogen and oxygen atoms in total. The number of nitrogens with two attached hydrogens (primary N) is 2. The molecule has 5 N–H and O–H groups in total. The largest absolute Gasteiger partial charge is 0.495 e. The fraction of sp³-hybridized carbons (Fsp3) is 0.231. The molecule has 2 aromatic carbocycles. The predicted molar refractivity (Wildman–Crippen MR) is 152 cm³/mol. The number of amides is 1. The van der Waals surface area contributed by atoms with Crippen molar-refractivity contribution in [1.82, 2.24) is 14.3 Å². The van der Waals surface area contributed by atoms with Crippen molar-refractivity contribution in [2.45, 2.75) is 12.5 Å².